The maximum Gasteiger partial charge on any atom is 0.433 e. The first-order valence-corrected chi connectivity index (χ1v) is 4.54. The first kappa shape index (κ1) is 12.0. The van der Waals surface area contributed by atoms with Gasteiger partial charge in [0.25, 0.3) is 0 Å². The highest BCUT2D eigenvalue weighted by Crippen LogP contribution is 2.29. The predicted molar refractivity (Wildman–Crippen MR) is 48.3 cm³/mol. The number of halogens is 4. The van der Waals surface area contributed by atoms with Gasteiger partial charge < -0.3 is 5.11 Å². The lowest BCUT2D eigenvalue weighted by Crippen LogP contribution is -2.11. The lowest BCUT2D eigenvalue weighted by Gasteiger charge is -2.08. The van der Waals surface area contributed by atoms with Gasteiger partial charge >= 0.3 is 12.1 Å². The molecule has 15 heavy (non-hydrogen) atoms. The summed E-state index contributed by atoms with van der Waals surface area (Å²) in [5.74, 6) is -1.23. The van der Waals surface area contributed by atoms with Gasteiger partial charge in [0, 0.05) is 4.47 Å². The minimum atomic E-state index is -4.56. The lowest BCUT2D eigenvalue weighted by molar-refractivity contribution is -0.142. The molecule has 0 fully saturated rings. The van der Waals surface area contributed by atoms with Crippen molar-refractivity contribution >= 4 is 21.9 Å². The molecule has 0 aliphatic carbocycles. The van der Waals surface area contributed by atoms with E-state index in [1.165, 1.54) is 0 Å². The van der Waals surface area contributed by atoms with E-state index in [0.717, 1.165) is 12.1 Å². The van der Waals surface area contributed by atoms with Crippen LogP contribution in [-0.4, -0.2) is 16.1 Å². The van der Waals surface area contributed by atoms with Crippen molar-refractivity contribution in [1.82, 2.24) is 4.98 Å². The second-order valence-electron chi connectivity index (χ2n) is 2.69. The largest absolute Gasteiger partial charge is 0.481 e. The van der Waals surface area contributed by atoms with Crippen molar-refractivity contribution < 1.29 is 23.1 Å². The van der Waals surface area contributed by atoms with Crippen LogP contribution in [0.25, 0.3) is 0 Å². The van der Waals surface area contributed by atoms with Crippen LogP contribution in [0, 0.1) is 0 Å². The summed E-state index contributed by atoms with van der Waals surface area (Å²) >= 11 is 2.93. The van der Waals surface area contributed by atoms with Gasteiger partial charge in [-0.05, 0) is 28.1 Å². The van der Waals surface area contributed by atoms with E-state index in [0.29, 0.717) is 0 Å². The molecular weight excluding hydrogens is 279 g/mol. The van der Waals surface area contributed by atoms with Crippen LogP contribution in [0.3, 0.4) is 0 Å². The molecule has 82 valence electrons. The molecule has 0 spiro atoms. The number of rotatable bonds is 2. The van der Waals surface area contributed by atoms with Crippen LogP contribution in [-0.2, 0) is 17.4 Å². The normalized spacial score (nSPS) is 11.5. The average Bonchev–Trinajstić information content (AvgIpc) is 2.06. The third kappa shape index (κ3) is 3.19. The zero-order valence-corrected chi connectivity index (χ0v) is 8.76. The Bertz CT molecular complexity index is 392. The van der Waals surface area contributed by atoms with E-state index in [1.807, 2.05) is 0 Å². The fourth-order valence-electron chi connectivity index (χ4n) is 0.909. The van der Waals surface area contributed by atoms with Crippen LogP contribution < -0.4 is 0 Å². The van der Waals surface area contributed by atoms with Gasteiger partial charge in [-0.1, -0.05) is 0 Å². The predicted octanol–water partition coefficient (Wildman–Crippen LogP) is 2.49. The molecule has 0 atom stereocenters. The molecule has 0 bridgehead atoms. The van der Waals surface area contributed by atoms with Crippen molar-refractivity contribution in [2.45, 2.75) is 12.6 Å². The third-order valence-corrected chi connectivity index (χ3v) is 2.25. The van der Waals surface area contributed by atoms with E-state index >= 15 is 0 Å². The molecule has 1 N–H and O–H groups in total. The summed E-state index contributed by atoms with van der Waals surface area (Å²) < 4.78 is 36.9. The van der Waals surface area contributed by atoms with Crippen molar-refractivity contribution in [3.05, 3.63) is 28.0 Å². The molecule has 0 aliphatic heterocycles. The van der Waals surface area contributed by atoms with Gasteiger partial charge in [0.1, 0.15) is 5.69 Å². The van der Waals surface area contributed by atoms with Crippen molar-refractivity contribution in [2.75, 3.05) is 0 Å². The van der Waals surface area contributed by atoms with Crippen LogP contribution in [0.15, 0.2) is 16.6 Å². The van der Waals surface area contributed by atoms with Gasteiger partial charge in [-0.25, -0.2) is 4.98 Å². The Hall–Kier alpha value is -1.11. The molecule has 0 unspecified atom stereocenters. The molecule has 1 aromatic rings. The van der Waals surface area contributed by atoms with Gasteiger partial charge in [0.2, 0.25) is 0 Å². The summed E-state index contributed by atoms with van der Waals surface area (Å²) in [4.78, 5) is 13.6. The molecule has 0 saturated heterocycles. The zero-order chi connectivity index (χ0) is 11.6. The molecule has 1 rings (SSSR count). The van der Waals surface area contributed by atoms with Gasteiger partial charge in [-0.2, -0.15) is 13.2 Å². The Balaban J connectivity index is 3.11. The third-order valence-electron chi connectivity index (χ3n) is 1.53. The van der Waals surface area contributed by atoms with E-state index in [4.69, 9.17) is 5.11 Å². The molecular formula is C8H5BrF3NO2. The summed E-state index contributed by atoms with van der Waals surface area (Å²) in [6.07, 6.45) is -5.11. The van der Waals surface area contributed by atoms with Crippen LogP contribution in [0.4, 0.5) is 13.2 Å². The second kappa shape index (κ2) is 4.18. The maximum atomic E-state index is 12.2. The van der Waals surface area contributed by atoms with E-state index < -0.39 is 24.3 Å². The Labute approximate surface area is 91.1 Å². The van der Waals surface area contributed by atoms with Gasteiger partial charge in [-0.3, -0.25) is 4.79 Å². The molecule has 0 saturated carbocycles. The fraction of sp³-hybridized carbons (Fsp3) is 0.250. The Morgan fingerprint density at radius 3 is 2.53 bits per heavy atom. The first-order valence-electron chi connectivity index (χ1n) is 3.75. The highest BCUT2D eigenvalue weighted by molar-refractivity contribution is 9.10. The Kier molecular flexibility index (Phi) is 3.33. The number of pyridine rings is 1. The van der Waals surface area contributed by atoms with Crippen molar-refractivity contribution in [3.8, 4) is 0 Å². The Morgan fingerprint density at radius 2 is 2.07 bits per heavy atom. The molecule has 0 radical (unpaired) electrons. The van der Waals surface area contributed by atoms with E-state index in [9.17, 15) is 18.0 Å². The van der Waals surface area contributed by atoms with Gasteiger partial charge in [0.05, 0.1) is 12.1 Å². The molecule has 0 amide bonds. The smallest absolute Gasteiger partial charge is 0.433 e. The monoisotopic (exact) mass is 283 g/mol. The first-order chi connectivity index (χ1) is 6.80. The number of carboxylic acids is 1. The molecule has 1 heterocycles. The SMILES string of the molecule is O=C(O)Cc1nc(C(F)(F)F)ccc1Br. The number of nitrogens with zero attached hydrogens (tertiary/aromatic N) is 1. The number of alkyl halides is 3. The zero-order valence-electron chi connectivity index (χ0n) is 7.18. The minimum Gasteiger partial charge on any atom is -0.481 e. The summed E-state index contributed by atoms with van der Waals surface area (Å²) in [7, 11) is 0. The highest BCUT2D eigenvalue weighted by atomic mass is 79.9. The minimum absolute atomic E-state index is 0.141. The average molecular weight is 284 g/mol. The molecule has 7 heteroatoms. The highest BCUT2D eigenvalue weighted by Gasteiger charge is 2.32. The molecule has 0 aromatic carbocycles. The molecule has 0 aliphatic rings. The van der Waals surface area contributed by atoms with Crippen molar-refractivity contribution in [3.63, 3.8) is 0 Å². The summed E-state index contributed by atoms with van der Waals surface area (Å²) in [6, 6.07) is 1.92. The topological polar surface area (TPSA) is 50.2 Å². The number of hydrogen-bond acceptors (Lipinski definition) is 2. The summed E-state index contributed by atoms with van der Waals surface area (Å²) in [6.45, 7) is 0. The number of hydrogen-bond donors (Lipinski definition) is 1. The van der Waals surface area contributed by atoms with Crippen LogP contribution in [0.2, 0.25) is 0 Å². The standard InChI is InChI=1S/C8H5BrF3NO2/c9-4-1-2-6(8(10,11)12)13-5(4)3-7(14)15/h1-2H,3H2,(H,14,15). The van der Waals surface area contributed by atoms with Gasteiger partial charge in [-0.15, -0.1) is 0 Å². The quantitative estimate of drug-likeness (QED) is 0.907. The second-order valence-corrected chi connectivity index (χ2v) is 3.55. The number of carbonyl (C=O) groups is 1. The van der Waals surface area contributed by atoms with Gasteiger partial charge in [0.15, 0.2) is 0 Å². The van der Waals surface area contributed by atoms with Crippen molar-refractivity contribution in [2.24, 2.45) is 0 Å². The molecule has 1 aromatic heterocycles. The van der Waals surface area contributed by atoms with E-state index in [-0.39, 0.29) is 10.2 Å². The summed E-state index contributed by atoms with van der Waals surface area (Å²) in [5.41, 5.74) is -1.24. The number of aromatic nitrogens is 1. The Morgan fingerprint density at radius 1 is 1.47 bits per heavy atom. The number of carboxylic acid groups (broad SMARTS) is 1. The van der Waals surface area contributed by atoms with E-state index in [2.05, 4.69) is 20.9 Å². The maximum absolute atomic E-state index is 12.2. The van der Waals surface area contributed by atoms with Crippen LogP contribution in [0.5, 0.6) is 0 Å². The van der Waals surface area contributed by atoms with Crippen LogP contribution >= 0.6 is 15.9 Å². The van der Waals surface area contributed by atoms with Crippen LogP contribution in [0.1, 0.15) is 11.4 Å². The lowest BCUT2D eigenvalue weighted by atomic mass is 10.2. The van der Waals surface area contributed by atoms with E-state index in [1.54, 1.807) is 0 Å². The number of aliphatic carboxylic acids is 1. The summed E-state index contributed by atoms with van der Waals surface area (Å²) in [5, 5.41) is 8.44. The molecule has 3 nitrogen and oxygen atoms in total. The fourth-order valence-corrected chi connectivity index (χ4v) is 1.27. The van der Waals surface area contributed by atoms with Crippen molar-refractivity contribution in [1.29, 1.82) is 0 Å².